The van der Waals surface area contributed by atoms with Crippen molar-refractivity contribution in [3.63, 3.8) is 0 Å². The predicted molar refractivity (Wildman–Crippen MR) is 64.0 cm³/mol. The van der Waals surface area contributed by atoms with E-state index < -0.39 is 5.60 Å². The van der Waals surface area contributed by atoms with Gasteiger partial charge in [-0.2, -0.15) is 0 Å². The number of hydrogen-bond donors (Lipinski definition) is 0. The number of nitrogens with zero attached hydrogens (tertiary/aromatic N) is 1. The second-order valence-corrected chi connectivity index (χ2v) is 5.35. The van der Waals surface area contributed by atoms with E-state index in [0.717, 1.165) is 19.3 Å². The first-order valence-corrected chi connectivity index (χ1v) is 5.82. The molecule has 1 rings (SSSR count). The van der Waals surface area contributed by atoms with Crippen LogP contribution < -0.4 is 0 Å². The van der Waals surface area contributed by atoms with Crippen LogP contribution in [-0.4, -0.2) is 28.7 Å². The molecule has 16 heavy (non-hydrogen) atoms. The Hall–Kier alpha value is -1.17. The van der Waals surface area contributed by atoms with E-state index in [9.17, 15) is 4.79 Å². The normalized spacial score (nSPS) is 26.1. The highest BCUT2D eigenvalue weighted by atomic mass is 16.6. The van der Waals surface area contributed by atoms with Crippen LogP contribution in [0.1, 0.15) is 47.0 Å². The van der Waals surface area contributed by atoms with Gasteiger partial charge in [-0.05, 0) is 47.0 Å². The van der Waals surface area contributed by atoms with Crippen molar-refractivity contribution in [3.8, 4) is 12.3 Å². The molecule has 2 atom stereocenters. The molecule has 0 bridgehead atoms. The molecule has 0 aromatic rings. The first kappa shape index (κ1) is 12.9. The van der Waals surface area contributed by atoms with Gasteiger partial charge >= 0.3 is 6.09 Å². The van der Waals surface area contributed by atoms with Crippen molar-refractivity contribution in [1.82, 2.24) is 4.90 Å². The van der Waals surface area contributed by atoms with Gasteiger partial charge in [-0.15, -0.1) is 6.42 Å². The van der Waals surface area contributed by atoms with Gasteiger partial charge < -0.3 is 4.74 Å². The molecule has 0 saturated carbocycles. The molecular formula is C13H21NO2. The van der Waals surface area contributed by atoms with E-state index in [2.05, 4.69) is 5.92 Å². The monoisotopic (exact) mass is 223 g/mol. The molecule has 1 saturated heterocycles. The average molecular weight is 223 g/mol. The Kier molecular flexibility index (Phi) is 3.85. The van der Waals surface area contributed by atoms with Gasteiger partial charge in [0.25, 0.3) is 0 Å². The van der Waals surface area contributed by atoms with Crippen LogP contribution in [0.4, 0.5) is 4.79 Å². The van der Waals surface area contributed by atoms with Gasteiger partial charge in [-0.1, -0.05) is 5.92 Å². The number of amides is 1. The molecule has 0 aromatic carbocycles. The number of piperidine rings is 1. The van der Waals surface area contributed by atoms with Crippen LogP contribution >= 0.6 is 0 Å². The maximum Gasteiger partial charge on any atom is 0.411 e. The summed E-state index contributed by atoms with van der Waals surface area (Å²) in [6, 6.07) is 0.0586. The largest absolute Gasteiger partial charge is 0.444 e. The summed E-state index contributed by atoms with van der Waals surface area (Å²) in [6.45, 7) is 7.62. The van der Waals surface area contributed by atoms with Crippen molar-refractivity contribution in [2.75, 3.05) is 0 Å². The maximum absolute atomic E-state index is 12.0. The SMILES string of the molecule is C#CC1CCCC(C)N1C(=O)OC(C)(C)C. The fraction of sp³-hybridized carbons (Fsp3) is 0.769. The van der Waals surface area contributed by atoms with Crippen LogP contribution in [0.5, 0.6) is 0 Å². The Morgan fingerprint density at radius 2 is 2.06 bits per heavy atom. The molecule has 0 radical (unpaired) electrons. The van der Waals surface area contributed by atoms with Crippen molar-refractivity contribution >= 4 is 6.09 Å². The van der Waals surface area contributed by atoms with Crippen molar-refractivity contribution < 1.29 is 9.53 Å². The number of carbonyl (C=O) groups excluding carboxylic acids is 1. The van der Waals surface area contributed by atoms with Gasteiger partial charge in [0.2, 0.25) is 0 Å². The number of hydrogen-bond acceptors (Lipinski definition) is 2. The lowest BCUT2D eigenvalue weighted by atomic mass is 9.97. The first-order chi connectivity index (χ1) is 7.35. The minimum absolute atomic E-state index is 0.112. The molecule has 3 nitrogen and oxygen atoms in total. The first-order valence-electron chi connectivity index (χ1n) is 5.82. The summed E-state index contributed by atoms with van der Waals surface area (Å²) in [6.07, 6.45) is 8.12. The Labute approximate surface area is 98.1 Å². The number of terminal acetylenes is 1. The van der Waals surface area contributed by atoms with Crippen molar-refractivity contribution in [2.45, 2.75) is 64.6 Å². The summed E-state index contributed by atoms with van der Waals surface area (Å²) in [7, 11) is 0. The highest BCUT2D eigenvalue weighted by molar-refractivity contribution is 5.69. The molecule has 1 aliphatic rings. The lowest BCUT2D eigenvalue weighted by Gasteiger charge is -2.38. The highest BCUT2D eigenvalue weighted by Gasteiger charge is 2.33. The zero-order chi connectivity index (χ0) is 12.3. The molecule has 0 spiro atoms. The highest BCUT2D eigenvalue weighted by Crippen LogP contribution is 2.24. The second-order valence-electron chi connectivity index (χ2n) is 5.35. The van der Waals surface area contributed by atoms with Crippen molar-refractivity contribution in [3.05, 3.63) is 0 Å². The van der Waals surface area contributed by atoms with E-state index in [1.54, 1.807) is 4.90 Å². The fourth-order valence-electron chi connectivity index (χ4n) is 1.98. The van der Waals surface area contributed by atoms with Crippen LogP contribution in [0.3, 0.4) is 0 Å². The summed E-state index contributed by atoms with van der Waals surface area (Å²) >= 11 is 0. The molecule has 90 valence electrons. The van der Waals surface area contributed by atoms with E-state index in [1.807, 2.05) is 27.7 Å². The predicted octanol–water partition coefficient (Wildman–Crippen LogP) is 2.80. The van der Waals surface area contributed by atoms with Crippen molar-refractivity contribution in [2.24, 2.45) is 0 Å². The van der Waals surface area contributed by atoms with Crippen LogP contribution in [0.2, 0.25) is 0 Å². The molecule has 0 N–H and O–H groups in total. The summed E-state index contributed by atoms with van der Waals surface area (Å²) in [5, 5.41) is 0. The van der Waals surface area contributed by atoms with Gasteiger partial charge in [-0.3, -0.25) is 4.90 Å². The fourth-order valence-corrected chi connectivity index (χ4v) is 1.98. The lowest BCUT2D eigenvalue weighted by molar-refractivity contribution is 0.00474. The van der Waals surface area contributed by atoms with E-state index in [-0.39, 0.29) is 18.2 Å². The summed E-state index contributed by atoms with van der Waals surface area (Å²) < 4.78 is 5.37. The van der Waals surface area contributed by atoms with Gasteiger partial charge in [0, 0.05) is 6.04 Å². The van der Waals surface area contributed by atoms with E-state index in [1.165, 1.54) is 0 Å². The van der Waals surface area contributed by atoms with Gasteiger partial charge in [-0.25, -0.2) is 4.79 Å². The number of likely N-dealkylation sites (tertiary alicyclic amines) is 1. The number of carbonyl (C=O) groups is 1. The third-order valence-corrected chi connectivity index (χ3v) is 2.71. The maximum atomic E-state index is 12.0. The Morgan fingerprint density at radius 1 is 1.44 bits per heavy atom. The molecular weight excluding hydrogens is 202 g/mol. The van der Waals surface area contributed by atoms with E-state index in [4.69, 9.17) is 11.2 Å². The van der Waals surface area contributed by atoms with Crippen LogP contribution in [0.15, 0.2) is 0 Å². The van der Waals surface area contributed by atoms with Crippen LogP contribution in [0, 0.1) is 12.3 Å². The Balaban J connectivity index is 2.75. The number of ether oxygens (including phenoxy) is 1. The van der Waals surface area contributed by atoms with Gasteiger partial charge in [0.1, 0.15) is 5.60 Å². The zero-order valence-electron chi connectivity index (χ0n) is 10.6. The summed E-state index contributed by atoms with van der Waals surface area (Å²) in [4.78, 5) is 13.7. The third kappa shape index (κ3) is 3.16. The minimum Gasteiger partial charge on any atom is -0.444 e. The Morgan fingerprint density at radius 3 is 2.56 bits per heavy atom. The molecule has 1 heterocycles. The molecule has 3 heteroatoms. The standard InChI is InChI=1S/C13H21NO2/c1-6-11-9-7-8-10(2)14(11)12(15)16-13(3,4)5/h1,10-11H,7-9H2,2-5H3. The van der Waals surface area contributed by atoms with E-state index in [0.29, 0.717) is 0 Å². The van der Waals surface area contributed by atoms with Crippen LogP contribution in [0.25, 0.3) is 0 Å². The van der Waals surface area contributed by atoms with Gasteiger partial charge in [0.15, 0.2) is 0 Å². The molecule has 1 amide bonds. The molecule has 1 fully saturated rings. The second kappa shape index (κ2) is 4.78. The minimum atomic E-state index is -0.465. The smallest absolute Gasteiger partial charge is 0.411 e. The van der Waals surface area contributed by atoms with Gasteiger partial charge in [0.05, 0.1) is 6.04 Å². The lowest BCUT2D eigenvalue weighted by Crippen LogP contribution is -2.50. The zero-order valence-corrected chi connectivity index (χ0v) is 10.6. The van der Waals surface area contributed by atoms with E-state index >= 15 is 0 Å². The molecule has 1 aliphatic heterocycles. The summed E-state index contributed by atoms with van der Waals surface area (Å²) in [5.41, 5.74) is -0.465. The van der Waals surface area contributed by atoms with Crippen LogP contribution in [-0.2, 0) is 4.74 Å². The van der Waals surface area contributed by atoms with Crippen molar-refractivity contribution in [1.29, 1.82) is 0 Å². The molecule has 2 unspecified atom stereocenters. The average Bonchev–Trinajstić information content (AvgIpc) is 2.14. The topological polar surface area (TPSA) is 29.5 Å². The quantitative estimate of drug-likeness (QED) is 0.591. The summed E-state index contributed by atoms with van der Waals surface area (Å²) in [5.74, 6) is 2.68. The third-order valence-electron chi connectivity index (χ3n) is 2.71. The molecule has 0 aromatic heterocycles. The molecule has 0 aliphatic carbocycles. The Bertz CT molecular complexity index is 298. The number of rotatable bonds is 0.